The zero-order valence-corrected chi connectivity index (χ0v) is 16.4. The number of carbonyl (C=O) groups is 1. The number of aromatic nitrogens is 2. The molecule has 1 amide bonds. The summed E-state index contributed by atoms with van der Waals surface area (Å²) in [5, 5.41) is 3.87. The molecule has 0 unspecified atom stereocenters. The summed E-state index contributed by atoms with van der Waals surface area (Å²) in [4.78, 5) is 19.4. The lowest BCUT2D eigenvalue weighted by Gasteiger charge is -2.19. The monoisotopic (exact) mass is 401 g/mol. The van der Waals surface area contributed by atoms with E-state index in [-0.39, 0.29) is 18.3 Å². The maximum atomic E-state index is 13.6. The highest BCUT2D eigenvalue weighted by Gasteiger charge is 2.17. The Bertz CT molecular complexity index is 948. The molecule has 8 heteroatoms. The lowest BCUT2D eigenvalue weighted by molar-refractivity contribution is 0.0769. The zero-order chi connectivity index (χ0) is 19.9. The quantitative estimate of drug-likeness (QED) is 0.532. The van der Waals surface area contributed by atoms with Gasteiger partial charge in [0.2, 0.25) is 5.89 Å². The van der Waals surface area contributed by atoms with Crippen molar-refractivity contribution in [1.82, 2.24) is 15.0 Å². The number of thioether (sulfide) groups is 1. The van der Waals surface area contributed by atoms with Gasteiger partial charge in [0.15, 0.2) is 17.4 Å². The maximum absolute atomic E-state index is 13.6. The number of amides is 1. The van der Waals surface area contributed by atoms with Crippen molar-refractivity contribution in [3.05, 3.63) is 71.6 Å². The van der Waals surface area contributed by atoms with Crippen molar-refractivity contribution in [2.75, 3.05) is 20.2 Å². The summed E-state index contributed by atoms with van der Waals surface area (Å²) < 4.78 is 24.0. The average Bonchev–Trinajstić information content (AvgIpc) is 3.12. The van der Waals surface area contributed by atoms with Crippen LogP contribution in [0.25, 0.3) is 0 Å². The van der Waals surface area contributed by atoms with Crippen molar-refractivity contribution in [3.8, 4) is 5.75 Å². The van der Waals surface area contributed by atoms with Gasteiger partial charge in [0, 0.05) is 18.9 Å². The van der Waals surface area contributed by atoms with Gasteiger partial charge >= 0.3 is 0 Å². The normalized spacial score (nSPS) is 10.7. The minimum Gasteiger partial charge on any atom is -0.489 e. The third-order valence-electron chi connectivity index (χ3n) is 3.91. The summed E-state index contributed by atoms with van der Waals surface area (Å²) in [6, 6.07) is 13.6. The van der Waals surface area contributed by atoms with Gasteiger partial charge in [-0.05, 0) is 24.3 Å². The van der Waals surface area contributed by atoms with E-state index in [9.17, 15) is 9.18 Å². The van der Waals surface area contributed by atoms with Crippen LogP contribution < -0.4 is 4.74 Å². The second-order valence-corrected chi connectivity index (χ2v) is 7.04. The molecule has 0 fully saturated rings. The molecule has 0 aliphatic heterocycles. The Hall–Kier alpha value is -2.87. The highest BCUT2D eigenvalue weighted by molar-refractivity contribution is 7.98. The van der Waals surface area contributed by atoms with Gasteiger partial charge < -0.3 is 14.2 Å². The third kappa shape index (κ3) is 5.10. The van der Waals surface area contributed by atoms with E-state index >= 15 is 0 Å². The van der Waals surface area contributed by atoms with Crippen LogP contribution in [-0.4, -0.2) is 41.1 Å². The molecule has 3 rings (SSSR count). The fourth-order valence-electron chi connectivity index (χ4n) is 2.47. The molecule has 0 atom stereocenters. The average molecular weight is 401 g/mol. The maximum Gasteiger partial charge on any atom is 0.254 e. The molecule has 2 aromatic carbocycles. The molecule has 0 saturated heterocycles. The summed E-state index contributed by atoms with van der Waals surface area (Å²) in [6.07, 6.45) is 0. The van der Waals surface area contributed by atoms with Crippen LogP contribution in [0.3, 0.4) is 0 Å². The Morgan fingerprint density at radius 1 is 1.21 bits per heavy atom. The van der Waals surface area contributed by atoms with E-state index in [0.717, 1.165) is 4.90 Å². The number of hydrogen-bond donors (Lipinski definition) is 0. The lowest BCUT2D eigenvalue weighted by Crippen LogP contribution is -2.31. The molecular formula is C20H20FN3O3S. The Balaban J connectivity index is 1.59. The number of para-hydroxylation sites is 1. The van der Waals surface area contributed by atoms with Crippen molar-refractivity contribution >= 4 is 17.7 Å². The molecule has 3 aromatic rings. The number of halogens is 1. The third-order valence-corrected chi connectivity index (χ3v) is 4.98. The van der Waals surface area contributed by atoms with Crippen LogP contribution in [0, 0.1) is 12.7 Å². The number of aryl methyl sites for hydroxylation is 1. The van der Waals surface area contributed by atoms with Gasteiger partial charge in [-0.1, -0.05) is 29.4 Å². The Morgan fingerprint density at radius 2 is 1.96 bits per heavy atom. The highest BCUT2D eigenvalue weighted by atomic mass is 32.2. The van der Waals surface area contributed by atoms with E-state index < -0.39 is 5.82 Å². The summed E-state index contributed by atoms with van der Waals surface area (Å²) >= 11 is 1.47. The van der Waals surface area contributed by atoms with E-state index in [2.05, 4.69) is 10.1 Å². The number of carbonyl (C=O) groups excluding carboxylic acids is 1. The zero-order valence-electron chi connectivity index (χ0n) is 15.6. The number of rotatable bonds is 8. The molecule has 0 aliphatic carbocycles. The number of benzene rings is 2. The molecule has 1 heterocycles. The molecule has 0 radical (unpaired) electrons. The summed E-state index contributed by atoms with van der Waals surface area (Å²) in [6.45, 7) is 2.26. The van der Waals surface area contributed by atoms with Crippen molar-refractivity contribution < 1.29 is 18.4 Å². The van der Waals surface area contributed by atoms with Gasteiger partial charge in [-0.2, -0.15) is 4.98 Å². The fourth-order valence-corrected chi connectivity index (χ4v) is 3.36. The molecule has 0 aliphatic rings. The molecule has 0 spiro atoms. The fraction of sp³-hybridized carbons (Fsp3) is 0.250. The lowest BCUT2D eigenvalue weighted by atomic mass is 10.2. The number of likely N-dealkylation sites (N-methyl/N-ethyl adjacent to an activating group) is 1. The molecule has 1 aromatic heterocycles. The van der Waals surface area contributed by atoms with E-state index in [0.29, 0.717) is 29.6 Å². The molecule has 0 bridgehead atoms. The molecule has 146 valence electrons. The van der Waals surface area contributed by atoms with Crippen LogP contribution in [0.15, 0.2) is 57.9 Å². The van der Waals surface area contributed by atoms with E-state index in [1.54, 1.807) is 43.1 Å². The minimum atomic E-state index is -0.421. The van der Waals surface area contributed by atoms with Crippen LogP contribution in [0.2, 0.25) is 0 Å². The van der Waals surface area contributed by atoms with Gasteiger partial charge in [-0.15, -0.1) is 11.8 Å². The van der Waals surface area contributed by atoms with Gasteiger partial charge in [0.1, 0.15) is 6.61 Å². The minimum absolute atomic E-state index is 0.135. The molecule has 0 N–H and O–H groups in total. The van der Waals surface area contributed by atoms with Crippen LogP contribution in [0.4, 0.5) is 4.39 Å². The van der Waals surface area contributed by atoms with Crippen LogP contribution in [-0.2, 0) is 5.75 Å². The van der Waals surface area contributed by atoms with Gasteiger partial charge in [0.05, 0.1) is 17.9 Å². The largest absolute Gasteiger partial charge is 0.489 e. The second-order valence-electron chi connectivity index (χ2n) is 6.02. The first-order chi connectivity index (χ1) is 13.5. The predicted molar refractivity (Wildman–Crippen MR) is 104 cm³/mol. The summed E-state index contributed by atoms with van der Waals surface area (Å²) in [5.74, 6) is 1.21. The standard InChI is InChI=1S/C20H20FN3O3S/c1-14-22-19(23-27-14)13-28-18-10-6-3-7-15(18)20(25)24(2)11-12-26-17-9-5-4-8-16(17)21/h3-10H,11-13H2,1-2H3. The number of hydrogen-bond acceptors (Lipinski definition) is 6. The first-order valence-electron chi connectivity index (χ1n) is 8.68. The van der Waals surface area contributed by atoms with Crippen LogP contribution in [0.5, 0.6) is 5.75 Å². The van der Waals surface area contributed by atoms with Crippen LogP contribution >= 0.6 is 11.8 Å². The van der Waals surface area contributed by atoms with Crippen molar-refractivity contribution in [2.24, 2.45) is 0 Å². The molecule has 0 saturated carbocycles. The van der Waals surface area contributed by atoms with Gasteiger partial charge in [-0.25, -0.2) is 4.39 Å². The SMILES string of the molecule is Cc1nc(CSc2ccccc2C(=O)N(C)CCOc2ccccc2F)no1. The molecule has 28 heavy (non-hydrogen) atoms. The molecular weight excluding hydrogens is 381 g/mol. The number of nitrogens with zero attached hydrogens (tertiary/aromatic N) is 3. The van der Waals surface area contributed by atoms with Crippen molar-refractivity contribution in [1.29, 1.82) is 0 Å². The number of ether oxygens (including phenoxy) is 1. The van der Waals surface area contributed by atoms with E-state index in [4.69, 9.17) is 9.26 Å². The predicted octanol–water partition coefficient (Wildman–Crippen LogP) is 3.96. The first-order valence-corrected chi connectivity index (χ1v) is 9.67. The Kier molecular flexibility index (Phi) is 6.65. The van der Waals surface area contributed by atoms with Gasteiger partial charge in [-0.3, -0.25) is 4.79 Å². The van der Waals surface area contributed by atoms with E-state index in [1.165, 1.54) is 17.8 Å². The highest BCUT2D eigenvalue weighted by Crippen LogP contribution is 2.26. The van der Waals surface area contributed by atoms with Crippen molar-refractivity contribution in [2.45, 2.75) is 17.6 Å². The first kappa shape index (κ1) is 19.9. The summed E-state index contributed by atoms with van der Waals surface area (Å²) in [7, 11) is 1.69. The molecule has 6 nitrogen and oxygen atoms in total. The Morgan fingerprint density at radius 3 is 2.71 bits per heavy atom. The van der Waals surface area contributed by atoms with Crippen molar-refractivity contribution in [3.63, 3.8) is 0 Å². The Labute approximate surface area is 166 Å². The van der Waals surface area contributed by atoms with E-state index in [1.807, 2.05) is 18.2 Å². The smallest absolute Gasteiger partial charge is 0.254 e. The second kappa shape index (κ2) is 9.36. The van der Waals surface area contributed by atoms with Crippen LogP contribution in [0.1, 0.15) is 22.1 Å². The topological polar surface area (TPSA) is 68.5 Å². The van der Waals surface area contributed by atoms with Gasteiger partial charge in [0.25, 0.3) is 5.91 Å². The summed E-state index contributed by atoms with van der Waals surface area (Å²) in [5.41, 5.74) is 0.584.